The Bertz CT molecular complexity index is 1170. The van der Waals surface area contributed by atoms with Crippen LogP contribution in [-0.2, 0) is 28.6 Å². The van der Waals surface area contributed by atoms with Crippen molar-refractivity contribution in [2.24, 2.45) is 0 Å². The molecule has 390 valence electrons. The lowest BCUT2D eigenvalue weighted by molar-refractivity contribution is -0.167. The minimum atomic E-state index is -0.783. The summed E-state index contributed by atoms with van der Waals surface area (Å²) in [5.41, 5.74) is 0. The second kappa shape index (κ2) is 56.0. The third-order valence-electron chi connectivity index (χ3n) is 12.8. The highest BCUT2D eigenvalue weighted by Gasteiger charge is 2.19. The van der Waals surface area contributed by atoms with Crippen molar-refractivity contribution in [2.75, 3.05) is 13.2 Å². The molecular weight excluding hydrogens is 829 g/mol. The third kappa shape index (κ3) is 54.2. The molecule has 0 heterocycles. The molecule has 0 aliphatic rings. The van der Waals surface area contributed by atoms with Crippen LogP contribution < -0.4 is 0 Å². The largest absolute Gasteiger partial charge is 0.462 e. The van der Waals surface area contributed by atoms with E-state index in [1.807, 2.05) is 0 Å². The van der Waals surface area contributed by atoms with Gasteiger partial charge >= 0.3 is 17.9 Å². The van der Waals surface area contributed by atoms with Gasteiger partial charge in [-0.3, -0.25) is 14.4 Å². The summed E-state index contributed by atoms with van der Waals surface area (Å²) in [6.45, 7) is 6.60. The van der Waals surface area contributed by atoms with Crippen molar-refractivity contribution in [1.29, 1.82) is 0 Å². The summed E-state index contributed by atoms with van der Waals surface area (Å²) in [6.07, 6.45) is 68.1. The van der Waals surface area contributed by atoms with E-state index in [-0.39, 0.29) is 31.1 Å². The molecule has 0 aromatic rings. The van der Waals surface area contributed by atoms with E-state index in [0.29, 0.717) is 19.3 Å². The van der Waals surface area contributed by atoms with Gasteiger partial charge in [-0.2, -0.15) is 0 Å². The Morgan fingerprint density at radius 1 is 0.299 bits per heavy atom. The van der Waals surface area contributed by atoms with Crippen molar-refractivity contribution in [3.05, 3.63) is 48.6 Å². The summed E-state index contributed by atoms with van der Waals surface area (Å²) in [6, 6.07) is 0. The fourth-order valence-electron chi connectivity index (χ4n) is 8.33. The highest BCUT2D eigenvalue weighted by molar-refractivity contribution is 5.71. The second-order valence-electron chi connectivity index (χ2n) is 19.5. The second-order valence-corrected chi connectivity index (χ2v) is 19.5. The van der Waals surface area contributed by atoms with Crippen LogP contribution in [0.2, 0.25) is 0 Å². The first-order valence-electron chi connectivity index (χ1n) is 29.1. The van der Waals surface area contributed by atoms with Crippen molar-refractivity contribution in [1.82, 2.24) is 0 Å². The van der Waals surface area contributed by atoms with Gasteiger partial charge in [-0.05, 0) is 96.3 Å². The van der Waals surface area contributed by atoms with E-state index in [2.05, 4.69) is 69.4 Å². The smallest absolute Gasteiger partial charge is 0.306 e. The van der Waals surface area contributed by atoms with Gasteiger partial charge in [-0.15, -0.1) is 0 Å². The van der Waals surface area contributed by atoms with Crippen LogP contribution in [0.15, 0.2) is 48.6 Å². The predicted octanol–water partition coefficient (Wildman–Crippen LogP) is 19.4. The first-order chi connectivity index (χ1) is 33.0. The molecule has 0 radical (unpaired) electrons. The van der Waals surface area contributed by atoms with Gasteiger partial charge in [0.25, 0.3) is 0 Å². The van der Waals surface area contributed by atoms with Crippen LogP contribution in [-0.4, -0.2) is 37.2 Å². The van der Waals surface area contributed by atoms with E-state index in [1.54, 1.807) is 0 Å². The molecule has 0 fully saturated rings. The molecule has 0 amide bonds. The first-order valence-corrected chi connectivity index (χ1v) is 29.1. The maximum absolute atomic E-state index is 12.8. The van der Waals surface area contributed by atoms with Crippen molar-refractivity contribution >= 4 is 17.9 Å². The number of unbranched alkanes of at least 4 members (excludes halogenated alkanes) is 34. The molecule has 6 heteroatoms. The highest BCUT2D eigenvalue weighted by atomic mass is 16.6. The van der Waals surface area contributed by atoms with E-state index >= 15 is 0 Å². The lowest BCUT2D eigenvalue weighted by Crippen LogP contribution is -2.30. The molecule has 0 aliphatic carbocycles. The van der Waals surface area contributed by atoms with Gasteiger partial charge in [0.05, 0.1) is 0 Å². The van der Waals surface area contributed by atoms with E-state index in [0.717, 1.165) is 89.9 Å². The predicted molar refractivity (Wildman–Crippen MR) is 289 cm³/mol. The van der Waals surface area contributed by atoms with E-state index in [4.69, 9.17) is 14.2 Å². The normalized spacial score (nSPS) is 12.3. The van der Waals surface area contributed by atoms with Gasteiger partial charge in [-0.25, -0.2) is 0 Å². The Labute approximate surface area is 416 Å². The Morgan fingerprint density at radius 3 is 0.881 bits per heavy atom. The van der Waals surface area contributed by atoms with E-state index < -0.39 is 6.10 Å². The number of esters is 3. The molecule has 0 aliphatic heterocycles. The molecule has 0 saturated heterocycles. The molecule has 1 atom stereocenters. The van der Waals surface area contributed by atoms with E-state index in [9.17, 15) is 14.4 Å². The highest BCUT2D eigenvalue weighted by Crippen LogP contribution is 2.15. The Hall–Kier alpha value is -2.63. The average molecular weight is 940 g/mol. The fourth-order valence-corrected chi connectivity index (χ4v) is 8.33. The monoisotopic (exact) mass is 939 g/mol. The third-order valence-corrected chi connectivity index (χ3v) is 12.8. The van der Waals surface area contributed by atoms with Gasteiger partial charge in [0.15, 0.2) is 6.10 Å². The van der Waals surface area contributed by atoms with Crippen LogP contribution in [0.1, 0.15) is 303 Å². The SMILES string of the molecule is CCCC/C=C\C/C=C\CCCCCCCC(=O)OCC(COC(=O)CCCCCCCCCCC/C=C\CCCCCCCC)OC(=O)CCCCCCC/C=C\CCCCCCCCC. The number of carbonyl (C=O) groups is 3. The summed E-state index contributed by atoms with van der Waals surface area (Å²) in [4.78, 5) is 38.1. The number of carbonyl (C=O) groups excluding carboxylic acids is 3. The molecule has 0 aromatic carbocycles. The summed E-state index contributed by atoms with van der Waals surface area (Å²) in [5.74, 6) is -0.892. The van der Waals surface area contributed by atoms with Crippen LogP contribution >= 0.6 is 0 Å². The minimum absolute atomic E-state index is 0.0805. The molecule has 0 bridgehead atoms. The van der Waals surface area contributed by atoms with Gasteiger partial charge in [0.2, 0.25) is 0 Å². The topological polar surface area (TPSA) is 78.9 Å². The Morgan fingerprint density at radius 2 is 0.552 bits per heavy atom. The van der Waals surface area contributed by atoms with E-state index in [1.165, 1.54) is 173 Å². The maximum Gasteiger partial charge on any atom is 0.306 e. The van der Waals surface area contributed by atoms with Crippen molar-refractivity contribution in [2.45, 2.75) is 309 Å². The summed E-state index contributed by atoms with van der Waals surface area (Å²) < 4.78 is 16.9. The fraction of sp³-hybridized carbons (Fsp3) is 0.820. The van der Waals surface area contributed by atoms with Crippen LogP contribution in [0.5, 0.6) is 0 Å². The summed E-state index contributed by atoms with van der Waals surface area (Å²) in [5, 5.41) is 0. The zero-order valence-electron chi connectivity index (χ0n) is 44.7. The van der Waals surface area contributed by atoms with Crippen molar-refractivity contribution < 1.29 is 28.6 Å². The average Bonchev–Trinajstić information content (AvgIpc) is 3.33. The quantitative estimate of drug-likeness (QED) is 0.0262. The zero-order chi connectivity index (χ0) is 48.6. The molecule has 0 spiro atoms. The maximum atomic E-state index is 12.8. The Balaban J connectivity index is 4.37. The molecule has 0 aromatic heterocycles. The van der Waals surface area contributed by atoms with Crippen LogP contribution in [0.3, 0.4) is 0 Å². The molecule has 1 unspecified atom stereocenters. The van der Waals surface area contributed by atoms with Gasteiger partial charge in [0, 0.05) is 19.3 Å². The van der Waals surface area contributed by atoms with Gasteiger partial charge in [-0.1, -0.05) is 236 Å². The number of allylic oxidation sites excluding steroid dienone is 8. The molecule has 67 heavy (non-hydrogen) atoms. The van der Waals surface area contributed by atoms with Crippen LogP contribution in [0.25, 0.3) is 0 Å². The van der Waals surface area contributed by atoms with Crippen LogP contribution in [0, 0.1) is 0 Å². The molecule has 0 saturated carbocycles. The lowest BCUT2D eigenvalue weighted by atomic mass is 10.1. The zero-order valence-corrected chi connectivity index (χ0v) is 44.7. The van der Waals surface area contributed by atoms with Crippen LogP contribution in [0.4, 0.5) is 0 Å². The Kier molecular flexibility index (Phi) is 53.8. The summed E-state index contributed by atoms with van der Waals surface area (Å²) in [7, 11) is 0. The standard InChI is InChI=1S/C61H110O6/c1-4-7-10-13-16-19-22-25-28-30-31-32-34-36-39-42-45-48-51-54-60(63)66-57-58(56-65-59(62)53-50-47-44-41-38-35-27-24-21-18-15-12-9-6-3)67-61(64)55-52-49-46-43-40-37-33-29-26-23-20-17-14-11-8-5-2/h15,18,24-25,27-29,33,58H,4-14,16-17,19-23,26,30-32,34-57H2,1-3H3/b18-15-,27-24-,28-25-,33-29-. The van der Waals surface area contributed by atoms with Crippen molar-refractivity contribution in [3.63, 3.8) is 0 Å². The number of hydrogen-bond acceptors (Lipinski definition) is 6. The van der Waals surface area contributed by atoms with Gasteiger partial charge in [0.1, 0.15) is 13.2 Å². The van der Waals surface area contributed by atoms with Gasteiger partial charge < -0.3 is 14.2 Å². The van der Waals surface area contributed by atoms with Crippen molar-refractivity contribution in [3.8, 4) is 0 Å². The number of rotatable bonds is 53. The number of hydrogen-bond donors (Lipinski definition) is 0. The minimum Gasteiger partial charge on any atom is -0.462 e. The molecule has 6 nitrogen and oxygen atoms in total. The lowest BCUT2D eigenvalue weighted by Gasteiger charge is -2.18. The molecule has 0 rings (SSSR count). The number of ether oxygens (including phenoxy) is 3. The molecular formula is C61H110O6. The summed E-state index contributed by atoms with van der Waals surface area (Å²) >= 11 is 0. The molecule has 0 N–H and O–H groups in total. The first kappa shape index (κ1) is 64.4.